The lowest BCUT2D eigenvalue weighted by Gasteiger charge is -2.13. The van der Waals surface area contributed by atoms with Crippen LogP contribution in [0.25, 0.3) is 0 Å². The molecule has 2 N–H and O–H groups in total. The van der Waals surface area contributed by atoms with Gasteiger partial charge in [-0.15, -0.1) is 0 Å². The van der Waals surface area contributed by atoms with Crippen LogP contribution in [0, 0.1) is 0 Å². The summed E-state index contributed by atoms with van der Waals surface area (Å²) in [5.41, 5.74) is 4.38. The summed E-state index contributed by atoms with van der Waals surface area (Å²) in [6, 6.07) is 16.1. The zero-order valence-electron chi connectivity index (χ0n) is 11.9. The van der Waals surface area contributed by atoms with Crippen LogP contribution in [-0.4, -0.2) is 5.91 Å². The van der Waals surface area contributed by atoms with E-state index in [1.54, 1.807) is 0 Å². The summed E-state index contributed by atoms with van der Waals surface area (Å²) in [5.74, 6) is -0.0496. The van der Waals surface area contributed by atoms with Gasteiger partial charge in [0.15, 0.2) is 0 Å². The Morgan fingerprint density at radius 3 is 2.20 bits per heavy atom. The highest BCUT2D eigenvalue weighted by molar-refractivity contribution is 5.89. The van der Waals surface area contributed by atoms with E-state index >= 15 is 0 Å². The molecule has 2 rings (SSSR count). The molecule has 0 bridgehead atoms. The van der Waals surface area contributed by atoms with Crippen molar-refractivity contribution in [2.75, 3.05) is 10.6 Å². The van der Waals surface area contributed by atoms with E-state index in [4.69, 9.17) is 0 Å². The molecule has 0 unspecified atom stereocenters. The van der Waals surface area contributed by atoms with Gasteiger partial charge in [0, 0.05) is 24.8 Å². The summed E-state index contributed by atoms with van der Waals surface area (Å²) in [6.45, 7) is 4.36. The molecule has 0 spiro atoms. The minimum absolute atomic E-state index is 0.0496. The fourth-order valence-corrected chi connectivity index (χ4v) is 2.18. The summed E-state index contributed by atoms with van der Waals surface area (Å²) < 4.78 is 0. The molecule has 0 fully saturated rings. The van der Waals surface area contributed by atoms with E-state index in [-0.39, 0.29) is 5.91 Å². The summed E-state index contributed by atoms with van der Waals surface area (Å²) in [7, 11) is 0. The van der Waals surface area contributed by atoms with Gasteiger partial charge in [-0.05, 0) is 29.7 Å². The van der Waals surface area contributed by atoms with E-state index in [9.17, 15) is 4.79 Å². The Labute approximate surface area is 120 Å². The quantitative estimate of drug-likeness (QED) is 0.865. The molecule has 1 amide bonds. The minimum Gasteiger partial charge on any atom is -0.381 e. The topological polar surface area (TPSA) is 41.1 Å². The van der Waals surface area contributed by atoms with Crippen LogP contribution in [0.3, 0.4) is 0 Å². The number of anilines is 2. The van der Waals surface area contributed by atoms with E-state index in [1.807, 2.05) is 30.3 Å². The Morgan fingerprint density at radius 1 is 0.950 bits per heavy atom. The van der Waals surface area contributed by atoms with Gasteiger partial charge in [-0.3, -0.25) is 4.79 Å². The molecule has 0 aliphatic carbocycles. The summed E-state index contributed by atoms with van der Waals surface area (Å²) >= 11 is 0. The molecule has 0 aromatic heterocycles. The number of rotatable bonds is 5. The third-order valence-corrected chi connectivity index (χ3v) is 3.20. The maximum atomic E-state index is 11.2. The van der Waals surface area contributed by atoms with Crippen LogP contribution in [0.15, 0.2) is 48.5 Å². The Bertz CT molecular complexity index is 593. The molecule has 0 aliphatic rings. The molecule has 3 heteroatoms. The van der Waals surface area contributed by atoms with Crippen LogP contribution in [0.5, 0.6) is 0 Å². The number of nitrogens with one attached hydrogen (secondary N) is 2. The predicted octanol–water partition coefficient (Wildman–Crippen LogP) is 3.82. The first-order valence-corrected chi connectivity index (χ1v) is 6.88. The Kier molecular flexibility index (Phi) is 4.77. The van der Waals surface area contributed by atoms with Crippen molar-refractivity contribution in [3.8, 4) is 0 Å². The van der Waals surface area contributed by atoms with Gasteiger partial charge in [-0.25, -0.2) is 0 Å². The molecule has 0 saturated carbocycles. The third-order valence-electron chi connectivity index (χ3n) is 3.20. The molecule has 104 valence electrons. The van der Waals surface area contributed by atoms with Crippen molar-refractivity contribution in [1.82, 2.24) is 0 Å². The minimum atomic E-state index is -0.0496. The lowest BCUT2D eigenvalue weighted by atomic mass is 10.1. The van der Waals surface area contributed by atoms with Crippen molar-refractivity contribution >= 4 is 17.3 Å². The van der Waals surface area contributed by atoms with Crippen LogP contribution >= 0.6 is 0 Å². The molecule has 20 heavy (non-hydrogen) atoms. The maximum Gasteiger partial charge on any atom is 0.221 e. The van der Waals surface area contributed by atoms with Crippen molar-refractivity contribution in [2.45, 2.75) is 26.8 Å². The molecule has 0 radical (unpaired) electrons. The highest BCUT2D eigenvalue weighted by atomic mass is 16.1. The number of benzene rings is 2. The monoisotopic (exact) mass is 268 g/mol. The van der Waals surface area contributed by atoms with E-state index in [2.05, 4.69) is 35.8 Å². The lowest BCUT2D eigenvalue weighted by molar-refractivity contribution is -0.114. The second-order valence-electron chi connectivity index (χ2n) is 4.70. The molecule has 0 saturated heterocycles. The number of carbonyl (C=O) groups is 1. The second-order valence-corrected chi connectivity index (χ2v) is 4.70. The number of hydrogen-bond donors (Lipinski definition) is 2. The van der Waals surface area contributed by atoms with Gasteiger partial charge < -0.3 is 10.6 Å². The van der Waals surface area contributed by atoms with Crippen LogP contribution in [0.1, 0.15) is 25.0 Å². The molecule has 2 aromatic carbocycles. The first kappa shape index (κ1) is 14.1. The number of carbonyl (C=O) groups excluding carboxylic acids is 1. The van der Waals surface area contributed by atoms with E-state index in [0.29, 0.717) is 6.54 Å². The highest BCUT2D eigenvalue weighted by Crippen LogP contribution is 2.20. The number of amides is 1. The van der Waals surface area contributed by atoms with E-state index in [0.717, 1.165) is 23.4 Å². The molecular weight excluding hydrogens is 248 g/mol. The molecule has 0 atom stereocenters. The van der Waals surface area contributed by atoms with Gasteiger partial charge in [0.25, 0.3) is 0 Å². The maximum absolute atomic E-state index is 11.2. The van der Waals surface area contributed by atoms with Gasteiger partial charge in [-0.1, -0.05) is 43.3 Å². The van der Waals surface area contributed by atoms with Crippen LogP contribution in [0.2, 0.25) is 0 Å². The smallest absolute Gasteiger partial charge is 0.221 e. The van der Waals surface area contributed by atoms with Crippen molar-refractivity contribution in [1.29, 1.82) is 0 Å². The standard InChI is InChI=1S/C17H20N2O/c1-3-14-8-4-6-10-16(14)18-12-15-9-5-7-11-17(15)19-13(2)20/h4-11,18H,3,12H2,1-2H3,(H,19,20). The fourth-order valence-electron chi connectivity index (χ4n) is 2.18. The van der Waals surface area contributed by atoms with Gasteiger partial charge in [0.1, 0.15) is 0 Å². The Hall–Kier alpha value is -2.29. The van der Waals surface area contributed by atoms with Crippen molar-refractivity contribution in [3.05, 3.63) is 59.7 Å². The summed E-state index contributed by atoms with van der Waals surface area (Å²) in [6.07, 6.45) is 0.997. The molecule has 0 heterocycles. The number of para-hydroxylation sites is 2. The molecule has 3 nitrogen and oxygen atoms in total. The van der Waals surface area contributed by atoms with Gasteiger partial charge >= 0.3 is 0 Å². The van der Waals surface area contributed by atoms with Crippen molar-refractivity contribution < 1.29 is 4.79 Å². The molecule has 2 aromatic rings. The zero-order valence-corrected chi connectivity index (χ0v) is 11.9. The average Bonchev–Trinajstić information content (AvgIpc) is 2.46. The first-order chi connectivity index (χ1) is 9.70. The van der Waals surface area contributed by atoms with Crippen molar-refractivity contribution in [3.63, 3.8) is 0 Å². The van der Waals surface area contributed by atoms with E-state index in [1.165, 1.54) is 12.5 Å². The largest absolute Gasteiger partial charge is 0.381 e. The normalized spacial score (nSPS) is 10.1. The average molecular weight is 268 g/mol. The van der Waals surface area contributed by atoms with Gasteiger partial charge in [0.05, 0.1) is 0 Å². The Morgan fingerprint density at radius 2 is 1.55 bits per heavy atom. The van der Waals surface area contributed by atoms with Crippen LogP contribution in [0.4, 0.5) is 11.4 Å². The molecular formula is C17H20N2O. The van der Waals surface area contributed by atoms with Gasteiger partial charge in [0.2, 0.25) is 5.91 Å². The van der Waals surface area contributed by atoms with Crippen LogP contribution < -0.4 is 10.6 Å². The highest BCUT2D eigenvalue weighted by Gasteiger charge is 2.04. The molecule has 0 aliphatic heterocycles. The summed E-state index contributed by atoms with van der Waals surface area (Å²) in [5, 5.41) is 6.30. The fraction of sp³-hybridized carbons (Fsp3) is 0.235. The summed E-state index contributed by atoms with van der Waals surface area (Å²) in [4.78, 5) is 11.2. The van der Waals surface area contributed by atoms with Crippen molar-refractivity contribution in [2.24, 2.45) is 0 Å². The van der Waals surface area contributed by atoms with E-state index < -0.39 is 0 Å². The first-order valence-electron chi connectivity index (χ1n) is 6.88. The SMILES string of the molecule is CCc1ccccc1NCc1ccccc1NC(C)=O. The second kappa shape index (κ2) is 6.75. The zero-order chi connectivity index (χ0) is 14.4. The third kappa shape index (κ3) is 3.60. The predicted molar refractivity (Wildman–Crippen MR) is 83.9 cm³/mol. The Balaban J connectivity index is 2.12. The van der Waals surface area contributed by atoms with Crippen LogP contribution in [-0.2, 0) is 17.8 Å². The van der Waals surface area contributed by atoms with Gasteiger partial charge in [-0.2, -0.15) is 0 Å². The lowest BCUT2D eigenvalue weighted by Crippen LogP contribution is -2.10. The number of aryl methyl sites for hydroxylation is 1. The number of hydrogen-bond acceptors (Lipinski definition) is 2.